The van der Waals surface area contributed by atoms with E-state index < -0.39 is 0 Å². The maximum absolute atomic E-state index is 10.1. The zero-order valence-electron chi connectivity index (χ0n) is 6.57. The Kier molecular flexibility index (Phi) is 6.62. The van der Waals surface area contributed by atoms with Gasteiger partial charge >= 0.3 is 0 Å². The number of nitrogens with zero attached hydrogens (tertiary/aromatic N) is 2. The van der Waals surface area contributed by atoms with Crippen LogP contribution in [0.15, 0.2) is 17.9 Å². The topological polar surface area (TPSA) is 52.9 Å². The summed E-state index contributed by atoms with van der Waals surface area (Å²) in [6, 6.07) is 0. The molecule has 0 atom stereocenters. The summed E-state index contributed by atoms with van der Waals surface area (Å²) in [7, 11) is 0. The minimum Gasteiger partial charge on any atom is -0.396 e. The summed E-state index contributed by atoms with van der Waals surface area (Å²) >= 11 is 0. The van der Waals surface area contributed by atoms with Gasteiger partial charge in [0.25, 0.3) is 0 Å². The molecule has 0 spiro atoms. The van der Waals surface area contributed by atoms with Crippen molar-refractivity contribution in [2.24, 2.45) is 5.29 Å². The fraction of sp³-hybridized carbons (Fsp3) is 0.714. The van der Waals surface area contributed by atoms with Gasteiger partial charge in [-0.15, -0.1) is 11.5 Å². The van der Waals surface area contributed by atoms with E-state index in [-0.39, 0.29) is 6.61 Å². The second kappa shape index (κ2) is 7.21. The lowest BCUT2D eigenvalue weighted by Gasteiger charge is -2.11. The Morgan fingerprint density at radius 3 is 2.73 bits per heavy atom. The second-order valence-electron chi connectivity index (χ2n) is 2.21. The quantitative estimate of drug-likeness (QED) is 0.259. The predicted molar refractivity (Wildman–Crippen MR) is 43.9 cm³/mol. The van der Waals surface area contributed by atoms with E-state index in [0.717, 1.165) is 6.42 Å². The minimum absolute atomic E-state index is 0.167. The fourth-order valence-corrected chi connectivity index (χ4v) is 0.721. The second-order valence-corrected chi connectivity index (χ2v) is 2.21. The van der Waals surface area contributed by atoms with Crippen LogP contribution in [0.25, 0.3) is 0 Å². The van der Waals surface area contributed by atoms with Crippen LogP contribution in [0.1, 0.15) is 12.8 Å². The normalized spacial score (nSPS) is 9.18. The Hall–Kier alpha value is -0.900. The van der Waals surface area contributed by atoms with Gasteiger partial charge in [0.15, 0.2) is 0 Å². The third kappa shape index (κ3) is 5.54. The molecule has 0 saturated carbocycles. The zero-order chi connectivity index (χ0) is 8.53. The summed E-state index contributed by atoms with van der Waals surface area (Å²) in [6.07, 6.45) is 3.12. The number of aliphatic hydroxyl groups excluding tert-OH is 1. The Bertz CT molecular complexity index is 117. The van der Waals surface area contributed by atoms with Crippen LogP contribution < -0.4 is 0 Å². The lowest BCUT2D eigenvalue weighted by molar-refractivity contribution is 0.257. The van der Waals surface area contributed by atoms with E-state index >= 15 is 0 Å². The summed E-state index contributed by atoms with van der Waals surface area (Å²) in [4.78, 5) is 10.1. The molecule has 0 aliphatic heterocycles. The monoisotopic (exact) mass is 158 g/mol. The first-order chi connectivity index (χ1) is 5.35. The average Bonchev–Trinajstić information content (AvgIpc) is 2.03. The molecule has 4 nitrogen and oxygen atoms in total. The van der Waals surface area contributed by atoms with E-state index in [9.17, 15) is 4.91 Å². The molecule has 0 radical (unpaired) electrons. The highest BCUT2D eigenvalue weighted by Gasteiger charge is 1.97. The third-order valence-electron chi connectivity index (χ3n) is 1.28. The molecular formula is C7H14N2O2. The number of nitroso groups, excluding NO2 is 1. The molecule has 0 fully saturated rings. The molecule has 0 aromatic heterocycles. The van der Waals surface area contributed by atoms with Crippen LogP contribution in [0.4, 0.5) is 0 Å². The average molecular weight is 158 g/mol. The predicted octanol–water partition coefficient (Wildman–Crippen LogP) is 0.928. The lowest BCUT2D eigenvalue weighted by Crippen LogP contribution is -2.17. The molecule has 0 aromatic rings. The molecule has 0 aromatic carbocycles. The van der Waals surface area contributed by atoms with Crippen molar-refractivity contribution in [1.82, 2.24) is 5.01 Å². The highest BCUT2D eigenvalue weighted by molar-refractivity contribution is 4.70. The van der Waals surface area contributed by atoms with Crippen LogP contribution in [0.2, 0.25) is 0 Å². The van der Waals surface area contributed by atoms with Crippen LogP contribution in [-0.4, -0.2) is 29.8 Å². The SMILES string of the molecule is C=CCN(CCCCO)N=O. The van der Waals surface area contributed by atoms with Crippen molar-refractivity contribution >= 4 is 0 Å². The zero-order valence-corrected chi connectivity index (χ0v) is 6.57. The van der Waals surface area contributed by atoms with Gasteiger partial charge in [-0.1, -0.05) is 6.08 Å². The van der Waals surface area contributed by atoms with E-state index in [1.54, 1.807) is 6.08 Å². The summed E-state index contributed by atoms with van der Waals surface area (Å²) < 4.78 is 0. The van der Waals surface area contributed by atoms with E-state index in [1.165, 1.54) is 5.01 Å². The first kappa shape index (κ1) is 10.1. The van der Waals surface area contributed by atoms with Crippen LogP contribution >= 0.6 is 0 Å². The third-order valence-corrected chi connectivity index (χ3v) is 1.28. The Balaban J connectivity index is 3.35. The highest BCUT2D eigenvalue weighted by Crippen LogP contribution is 1.94. The van der Waals surface area contributed by atoms with Crippen LogP contribution in [0, 0.1) is 4.91 Å². The molecule has 0 rings (SSSR count). The van der Waals surface area contributed by atoms with Gasteiger partial charge in [0.1, 0.15) is 0 Å². The first-order valence-electron chi connectivity index (χ1n) is 3.65. The van der Waals surface area contributed by atoms with Crippen LogP contribution in [0.3, 0.4) is 0 Å². The number of rotatable bonds is 7. The molecule has 0 aliphatic carbocycles. The Morgan fingerprint density at radius 1 is 1.55 bits per heavy atom. The molecular weight excluding hydrogens is 144 g/mol. The molecule has 1 N–H and O–H groups in total. The summed E-state index contributed by atoms with van der Waals surface area (Å²) in [5.41, 5.74) is 0. The molecule has 0 bridgehead atoms. The Labute approximate surface area is 66.5 Å². The molecule has 64 valence electrons. The van der Waals surface area contributed by atoms with E-state index in [4.69, 9.17) is 5.11 Å². The summed E-state index contributed by atoms with van der Waals surface area (Å²) in [5.74, 6) is 0. The van der Waals surface area contributed by atoms with Gasteiger partial charge < -0.3 is 5.11 Å². The van der Waals surface area contributed by atoms with E-state index in [0.29, 0.717) is 19.5 Å². The first-order valence-corrected chi connectivity index (χ1v) is 3.65. The standard InChI is InChI=1S/C7H14N2O2/c1-2-5-9(8-11)6-3-4-7-10/h2,10H,1,3-7H2. The maximum Gasteiger partial charge on any atom is 0.0570 e. The largest absolute Gasteiger partial charge is 0.396 e. The van der Waals surface area contributed by atoms with Crippen molar-refractivity contribution in [2.45, 2.75) is 12.8 Å². The number of aliphatic hydroxyl groups is 1. The minimum atomic E-state index is 0.167. The Morgan fingerprint density at radius 2 is 2.27 bits per heavy atom. The van der Waals surface area contributed by atoms with E-state index in [1.807, 2.05) is 0 Å². The van der Waals surface area contributed by atoms with Gasteiger partial charge in [0.05, 0.1) is 11.8 Å². The van der Waals surface area contributed by atoms with Gasteiger partial charge in [-0.25, -0.2) is 0 Å². The lowest BCUT2D eigenvalue weighted by atomic mass is 10.3. The maximum atomic E-state index is 10.1. The van der Waals surface area contributed by atoms with Crippen molar-refractivity contribution in [3.05, 3.63) is 17.6 Å². The van der Waals surface area contributed by atoms with Crippen molar-refractivity contribution in [3.8, 4) is 0 Å². The van der Waals surface area contributed by atoms with Crippen molar-refractivity contribution in [2.75, 3.05) is 19.7 Å². The van der Waals surface area contributed by atoms with Gasteiger partial charge in [0, 0.05) is 13.2 Å². The van der Waals surface area contributed by atoms with Gasteiger partial charge in [-0.3, -0.25) is 5.01 Å². The number of hydrogen-bond donors (Lipinski definition) is 1. The van der Waals surface area contributed by atoms with Gasteiger partial charge in [0.2, 0.25) is 0 Å². The van der Waals surface area contributed by atoms with Gasteiger partial charge in [-0.2, -0.15) is 0 Å². The van der Waals surface area contributed by atoms with Crippen LogP contribution in [-0.2, 0) is 0 Å². The molecule has 0 heterocycles. The molecule has 11 heavy (non-hydrogen) atoms. The summed E-state index contributed by atoms with van der Waals surface area (Å²) in [6.45, 7) is 4.73. The molecule has 4 heteroatoms. The van der Waals surface area contributed by atoms with Gasteiger partial charge in [-0.05, 0) is 12.8 Å². The van der Waals surface area contributed by atoms with E-state index in [2.05, 4.69) is 11.9 Å². The van der Waals surface area contributed by atoms with Crippen molar-refractivity contribution < 1.29 is 5.11 Å². The summed E-state index contributed by atoms with van der Waals surface area (Å²) in [5, 5.41) is 12.6. The van der Waals surface area contributed by atoms with Crippen molar-refractivity contribution in [3.63, 3.8) is 0 Å². The molecule has 0 unspecified atom stereocenters. The number of hydrogen-bond acceptors (Lipinski definition) is 3. The molecule has 0 aliphatic rings. The number of unbranched alkanes of at least 4 members (excludes halogenated alkanes) is 1. The molecule has 0 saturated heterocycles. The highest BCUT2D eigenvalue weighted by atomic mass is 16.3. The van der Waals surface area contributed by atoms with Crippen LogP contribution in [0.5, 0.6) is 0 Å². The smallest absolute Gasteiger partial charge is 0.0570 e. The fourth-order valence-electron chi connectivity index (χ4n) is 0.721. The molecule has 0 amide bonds. The van der Waals surface area contributed by atoms with Crippen molar-refractivity contribution in [1.29, 1.82) is 0 Å².